The molecule has 0 unspecified atom stereocenters. The molecule has 1 aromatic carbocycles. The maximum absolute atomic E-state index is 15.8. The van der Waals surface area contributed by atoms with Gasteiger partial charge in [0, 0.05) is 25.9 Å². The van der Waals surface area contributed by atoms with Crippen molar-refractivity contribution in [3.63, 3.8) is 0 Å². The molecular weight excluding hydrogens is 510 g/mol. The van der Waals surface area contributed by atoms with Crippen LogP contribution in [0.4, 0.5) is 29.1 Å². The second-order valence-electron chi connectivity index (χ2n) is 7.74. The van der Waals surface area contributed by atoms with Crippen molar-refractivity contribution in [1.82, 2.24) is 29.1 Å². The molecule has 0 aliphatic rings. The average Bonchev–Trinajstić information content (AvgIpc) is 3.31. The van der Waals surface area contributed by atoms with E-state index < -0.39 is 42.3 Å². The molecule has 4 aromatic rings. The quantitative estimate of drug-likeness (QED) is 0.278. The van der Waals surface area contributed by atoms with Crippen molar-refractivity contribution in [3.8, 4) is 11.4 Å². The molecule has 15 heteroatoms. The number of nitrogens with zero attached hydrogens (tertiary/aromatic N) is 6. The van der Waals surface area contributed by atoms with Crippen LogP contribution in [0.15, 0.2) is 23.1 Å². The Balaban J connectivity index is 1.99. The van der Waals surface area contributed by atoms with Crippen LogP contribution in [0, 0.1) is 12.7 Å². The lowest BCUT2D eigenvalue weighted by Gasteiger charge is -2.14. The lowest BCUT2D eigenvalue weighted by molar-refractivity contribution is -0.153. The van der Waals surface area contributed by atoms with Gasteiger partial charge in [0.2, 0.25) is 0 Å². The second kappa shape index (κ2) is 9.43. The number of pyridine rings is 1. The van der Waals surface area contributed by atoms with E-state index in [2.05, 4.69) is 20.5 Å². The van der Waals surface area contributed by atoms with Crippen LogP contribution >= 0.6 is 11.6 Å². The van der Waals surface area contributed by atoms with Gasteiger partial charge in [0.15, 0.2) is 29.2 Å². The summed E-state index contributed by atoms with van der Waals surface area (Å²) in [6.07, 6.45) is -3.23. The van der Waals surface area contributed by atoms with E-state index in [1.165, 1.54) is 13.2 Å². The van der Waals surface area contributed by atoms with E-state index in [-0.39, 0.29) is 34.2 Å². The zero-order valence-electron chi connectivity index (χ0n) is 19.2. The Bertz CT molecular complexity index is 1490. The number of rotatable bonds is 7. The number of halogens is 5. The van der Waals surface area contributed by atoms with Crippen molar-refractivity contribution in [2.24, 2.45) is 7.05 Å². The van der Waals surface area contributed by atoms with Crippen molar-refractivity contribution in [2.45, 2.75) is 33.2 Å². The summed E-state index contributed by atoms with van der Waals surface area (Å²) in [6.45, 7) is 1.17. The minimum atomic E-state index is -4.70. The number of hydrogen-bond acceptors (Lipinski definition) is 7. The molecule has 0 aliphatic heterocycles. The molecule has 0 fully saturated rings. The summed E-state index contributed by atoms with van der Waals surface area (Å²) in [5.41, 5.74) is -0.558. The van der Waals surface area contributed by atoms with Gasteiger partial charge in [-0.15, -0.1) is 5.10 Å². The summed E-state index contributed by atoms with van der Waals surface area (Å²) in [4.78, 5) is 16.8. The molecule has 4 rings (SSSR count). The number of aryl methyl sites for hydroxylation is 2. The van der Waals surface area contributed by atoms with Crippen LogP contribution in [-0.4, -0.2) is 47.0 Å². The monoisotopic (exact) mass is 529 g/mol. The molecule has 3 heterocycles. The third-order valence-electron chi connectivity index (χ3n) is 5.37. The Morgan fingerprint density at radius 1 is 1.28 bits per heavy atom. The maximum atomic E-state index is 15.8. The smallest absolute Gasteiger partial charge is 0.422 e. The normalized spacial score (nSPS) is 11.9. The first kappa shape index (κ1) is 25.4. The first-order valence-electron chi connectivity index (χ1n) is 10.5. The van der Waals surface area contributed by atoms with Gasteiger partial charge in [0.1, 0.15) is 23.6 Å². The maximum Gasteiger partial charge on any atom is 0.422 e. The summed E-state index contributed by atoms with van der Waals surface area (Å²) in [6, 6.07) is 2.58. The van der Waals surface area contributed by atoms with E-state index in [0.717, 1.165) is 15.3 Å². The highest BCUT2D eigenvalue weighted by Crippen LogP contribution is 2.39. The lowest BCUT2D eigenvalue weighted by atomic mass is 10.1. The van der Waals surface area contributed by atoms with Crippen LogP contribution < -0.4 is 15.7 Å². The number of benzene rings is 1. The van der Waals surface area contributed by atoms with Gasteiger partial charge in [-0.3, -0.25) is 9.25 Å². The molecule has 192 valence electrons. The van der Waals surface area contributed by atoms with Gasteiger partial charge in [0.25, 0.3) is 0 Å². The number of aromatic nitrogens is 6. The van der Waals surface area contributed by atoms with E-state index in [1.54, 1.807) is 19.9 Å². The molecule has 0 bridgehead atoms. The Kier molecular flexibility index (Phi) is 6.66. The van der Waals surface area contributed by atoms with Crippen LogP contribution in [0.2, 0.25) is 5.15 Å². The number of ether oxygens (including phenoxy) is 1. The predicted octanol–water partition coefficient (Wildman–Crippen LogP) is 3.61. The number of alkyl halides is 3. The summed E-state index contributed by atoms with van der Waals surface area (Å²) in [7, 11) is 1.37. The molecule has 36 heavy (non-hydrogen) atoms. The molecule has 0 amide bonds. The number of aliphatic hydroxyl groups is 1. The minimum absolute atomic E-state index is 0.0457. The van der Waals surface area contributed by atoms with Crippen molar-refractivity contribution in [2.75, 3.05) is 11.9 Å². The standard InChI is InChI=1S/C21H20ClF4N7O3/c1-4-32-13(8-34)29-33(20(32)35)11-7-12(36-9-21(24,25)26)14-17(15(11)23)31(3)30-19(14)28-16-10(2)5-6-27-18(16)22/h5-7,34H,4,8-9H2,1-3H3,(H,28,30). The lowest BCUT2D eigenvalue weighted by Crippen LogP contribution is -2.25. The highest BCUT2D eigenvalue weighted by molar-refractivity contribution is 6.32. The summed E-state index contributed by atoms with van der Waals surface area (Å²) >= 11 is 6.17. The van der Waals surface area contributed by atoms with Gasteiger partial charge in [-0.05, 0) is 25.5 Å². The van der Waals surface area contributed by atoms with E-state index in [9.17, 15) is 23.1 Å². The fourth-order valence-corrected chi connectivity index (χ4v) is 3.98. The third kappa shape index (κ3) is 4.48. The first-order chi connectivity index (χ1) is 17.0. The van der Waals surface area contributed by atoms with Gasteiger partial charge in [0.05, 0.1) is 11.1 Å². The fourth-order valence-electron chi connectivity index (χ4n) is 3.73. The molecule has 3 aromatic heterocycles. The molecule has 2 N–H and O–H groups in total. The number of fused-ring (bicyclic) bond motifs is 1. The Morgan fingerprint density at radius 2 is 2.00 bits per heavy atom. The zero-order chi connectivity index (χ0) is 26.4. The Hall–Kier alpha value is -3.65. The largest absolute Gasteiger partial charge is 0.483 e. The number of hydrogen-bond donors (Lipinski definition) is 2. The average molecular weight is 530 g/mol. The van der Waals surface area contributed by atoms with Gasteiger partial charge < -0.3 is 15.2 Å². The number of anilines is 2. The molecule has 0 saturated heterocycles. The number of nitrogens with one attached hydrogen (secondary N) is 1. The van der Waals surface area contributed by atoms with Gasteiger partial charge >= 0.3 is 11.9 Å². The third-order valence-corrected chi connectivity index (χ3v) is 5.65. The van der Waals surface area contributed by atoms with Crippen LogP contribution in [0.25, 0.3) is 16.6 Å². The molecule has 0 aliphatic carbocycles. The van der Waals surface area contributed by atoms with E-state index >= 15 is 4.39 Å². The minimum Gasteiger partial charge on any atom is -0.483 e. The van der Waals surface area contributed by atoms with Crippen molar-refractivity contribution < 1.29 is 27.4 Å². The second-order valence-corrected chi connectivity index (χ2v) is 8.10. The van der Waals surface area contributed by atoms with Gasteiger partial charge in [-0.25, -0.2) is 14.2 Å². The predicted molar refractivity (Wildman–Crippen MR) is 122 cm³/mol. The molecule has 0 spiro atoms. The van der Waals surface area contributed by atoms with E-state index in [4.69, 9.17) is 16.3 Å². The van der Waals surface area contributed by atoms with Crippen molar-refractivity contribution >= 4 is 34.0 Å². The summed E-state index contributed by atoms with van der Waals surface area (Å²) in [5, 5.41) is 20.5. The molecule has 0 atom stereocenters. The fraction of sp³-hybridized carbons (Fsp3) is 0.333. The summed E-state index contributed by atoms with van der Waals surface area (Å²) < 4.78 is 62.9. The zero-order valence-corrected chi connectivity index (χ0v) is 19.9. The number of aliphatic hydroxyl groups excluding tert-OH is 1. The van der Waals surface area contributed by atoms with Crippen LogP contribution in [0.5, 0.6) is 5.75 Å². The Morgan fingerprint density at radius 3 is 2.58 bits per heavy atom. The van der Waals surface area contributed by atoms with Crippen LogP contribution in [0.3, 0.4) is 0 Å². The molecule has 0 saturated carbocycles. The first-order valence-corrected chi connectivity index (χ1v) is 10.9. The van der Waals surface area contributed by atoms with Crippen molar-refractivity contribution in [3.05, 3.63) is 51.2 Å². The van der Waals surface area contributed by atoms with Crippen LogP contribution in [0.1, 0.15) is 18.3 Å². The van der Waals surface area contributed by atoms with Gasteiger partial charge in [-0.2, -0.15) is 23.0 Å². The van der Waals surface area contributed by atoms with Crippen molar-refractivity contribution in [1.29, 1.82) is 0 Å². The van der Waals surface area contributed by atoms with Crippen LogP contribution in [-0.2, 0) is 20.2 Å². The summed E-state index contributed by atoms with van der Waals surface area (Å²) in [5.74, 6) is -1.49. The Labute approximate surface area is 205 Å². The molecular formula is C21H20ClF4N7O3. The highest BCUT2D eigenvalue weighted by atomic mass is 35.5. The molecule has 0 radical (unpaired) electrons. The topological polar surface area (TPSA) is 112 Å². The van der Waals surface area contributed by atoms with E-state index in [0.29, 0.717) is 15.9 Å². The highest BCUT2D eigenvalue weighted by Gasteiger charge is 2.31. The van der Waals surface area contributed by atoms with Gasteiger partial charge in [-0.1, -0.05) is 11.6 Å². The van der Waals surface area contributed by atoms with E-state index in [1.807, 2.05) is 0 Å². The SMILES string of the molecule is CCn1c(CO)nn(-c2cc(OCC(F)(F)F)c3c(Nc4c(C)ccnc4Cl)nn(C)c3c2F)c1=O. The molecule has 10 nitrogen and oxygen atoms in total.